The molecule has 1 aliphatic heterocycles. The molecular weight excluding hydrogens is 352 g/mol. The molecule has 2 aliphatic rings. The molecule has 3 atom stereocenters. The molecule has 146 valence electrons. The molecule has 0 spiro atoms. The number of rotatable bonds is 3. The van der Waals surface area contributed by atoms with Gasteiger partial charge in [0.05, 0.1) is 18.8 Å². The van der Waals surface area contributed by atoms with Gasteiger partial charge in [-0.3, -0.25) is 9.59 Å². The molecule has 1 N–H and O–H groups in total. The first-order chi connectivity index (χ1) is 13.7. The van der Waals surface area contributed by atoms with Gasteiger partial charge in [-0.25, -0.2) is 0 Å². The highest BCUT2D eigenvalue weighted by Gasteiger charge is 2.41. The molecule has 2 amide bonds. The van der Waals surface area contributed by atoms with E-state index in [1.54, 1.807) is 7.05 Å². The van der Waals surface area contributed by atoms with Crippen LogP contribution in [-0.2, 0) is 9.53 Å². The minimum Gasteiger partial charge on any atom is -0.374 e. The number of nitrogens with one attached hydrogen (secondary N) is 1. The molecule has 2 fully saturated rings. The number of carbonyl (C=O) groups is 2. The van der Waals surface area contributed by atoms with E-state index in [4.69, 9.17) is 4.74 Å². The van der Waals surface area contributed by atoms with Crippen molar-refractivity contribution in [3.63, 3.8) is 0 Å². The highest BCUT2D eigenvalue weighted by molar-refractivity contribution is 5.96. The Balaban J connectivity index is 1.57. The molecule has 1 aliphatic carbocycles. The standard InChI is InChI=1S/C23H26N2O3/c1-24-22(26)18-10-11-21-20(15-18)25(12-13-28-21)23(27)19-9-5-8-17(14-19)16-6-3-2-4-7-16/h2-9,14,18,20-21H,10-13,15H2,1H3,(H,24,26)/t18-,20+,21+/m0/s1. The van der Waals surface area contributed by atoms with Crippen molar-refractivity contribution in [3.05, 3.63) is 60.2 Å². The third kappa shape index (κ3) is 3.67. The Morgan fingerprint density at radius 3 is 2.61 bits per heavy atom. The van der Waals surface area contributed by atoms with Gasteiger partial charge in [0, 0.05) is 25.1 Å². The monoisotopic (exact) mass is 378 g/mol. The molecule has 5 nitrogen and oxygen atoms in total. The van der Waals surface area contributed by atoms with E-state index in [0.717, 1.165) is 24.0 Å². The van der Waals surface area contributed by atoms with E-state index >= 15 is 0 Å². The number of nitrogens with zero attached hydrogens (tertiary/aromatic N) is 1. The molecule has 2 aromatic carbocycles. The Morgan fingerprint density at radius 2 is 1.82 bits per heavy atom. The summed E-state index contributed by atoms with van der Waals surface area (Å²) in [4.78, 5) is 27.4. The number of benzene rings is 2. The van der Waals surface area contributed by atoms with Crippen LogP contribution in [0.4, 0.5) is 0 Å². The van der Waals surface area contributed by atoms with Crippen molar-refractivity contribution >= 4 is 11.8 Å². The molecule has 0 radical (unpaired) electrons. The van der Waals surface area contributed by atoms with Crippen LogP contribution in [0.2, 0.25) is 0 Å². The second-order valence-corrected chi connectivity index (χ2v) is 7.55. The predicted molar refractivity (Wildman–Crippen MR) is 108 cm³/mol. The lowest BCUT2D eigenvalue weighted by Crippen LogP contribution is -2.57. The van der Waals surface area contributed by atoms with E-state index in [1.165, 1.54) is 0 Å². The van der Waals surface area contributed by atoms with Crippen LogP contribution in [0.3, 0.4) is 0 Å². The van der Waals surface area contributed by atoms with Gasteiger partial charge >= 0.3 is 0 Å². The number of hydrogen-bond acceptors (Lipinski definition) is 3. The molecular formula is C23H26N2O3. The normalized spacial score (nSPS) is 24.3. The fourth-order valence-corrected chi connectivity index (χ4v) is 4.43. The van der Waals surface area contributed by atoms with Gasteiger partial charge in [0.15, 0.2) is 0 Å². The summed E-state index contributed by atoms with van der Waals surface area (Å²) in [6, 6.07) is 17.8. The molecule has 1 saturated heterocycles. The first kappa shape index (κ1) is 18.7. The highest BCUT2D eigenvalue weighted by Crippen LogP contribution is 2.33. The zero-order chi connectivity index (χ0) is 19.5. The second-order valence-electron chi connectivity index (χ2n) is 7.55. The molecule has 5 heteroatoms. The van der Waals surface area contributed by atoms with Crippen molar-refractivity contribution in [1.29, 1.82) is 0 Å². The smallest absolute Gasteiger partial charge is 0.254 e. The molecule has 0 aromatic heterocycles. The van der Waals surface area contributed by atoms with Crippen LogP contribution in [0.5, 0.6) is 0 Å². The fraction of sp³-hybridized carbons (Fsp3) is 0.391. The largest absolute Gasteiger partial charge is 0.374 e. The number of fused-ring (bicyclic) bond motifs is 1. The average Bonchev–Trinajstić information content (AvgIpc) is 2.78. The Bertz CT molecular complexity index is 852. The minimum absolute atomic E-state index is 0.0219. The van der Waals surface area contributed by atoms with E-state index in [2.05, 4.69) is 5.32 Å². The summed E-state index contributed by atoms with van der Waals surface area (Å²) < 4.78 is 5.93. The summed E-state index contributed by atoms with van der Waals surface area (Å²) in [6.45, 7) is 1.12. The molecule has 28 heavy (non-hydrogen) atoms. The molecule has 1 heterocycles. The van der Waals surface area contributed by atoms with Crippen molar-refractivity contribution in [1.82, 2.24) is 10.2 Å². The quantitative estimate of drug-likeness (QED) is 0.893. The van der Waals surface area contributed by atoms with Crippen molar-refractivity contribution in [3.8, 4) is 11.1 Å². The summed E-state index contributed by atoms with van der Waals surface area (Å²) in [5, 5.41) is 2.75. The van der Waals surface area contributed by atoms with Crippen molar-refractivity contribution in [2.75, 3.05) is 20.2 Å². The van der Waals surface area contributed by atoms with Crippen molar-refractivity contribution in [2.24, 2.45) is 5.92 Å². The van der Waals surface area contributed by atoms with Gasteiger partial charge in [0.2, 0.25) is 5.91 Å². The maximum absolute atomic E-state index is 13.4. The van der Waals surface area contributed by atoms with Crippen LogP contribution >= 0.6 is 0 Å². The zero-order valence-corrected chi connectivity index (χ0v) is 16.1. The first-order valence-electron chi connectivity index (χ1n) is 9.97. The Labute approximate surface area is 165 Å². The van der Waals surface area contributed by atoms with E-state index in [-0.39, 0.29) is 29.9 Å². The number of ether oxygens (including phenoxy) is 1. The number of morpholine rings is 1. The minimum atomic E-state index is -0.0566. The second kappa shape index (κ2) is 8.15. The predicted octanol–water partition coefficient (Wildman–Crippen LogP) is 3.11. The van der Waals surface area contributed by atoms with E-state index < -0.39 is 0 Å². The Morgan fingerprint density at radius 1 is 1.04 bits per heavy atom. The first-order valence-corrected chi connectivity index (χ1v) is 9.97. The van der Waals surface area contributed by atoms with Crippen LogP contribution in [0.15, 0.2) is 54.6 Å². The third-order valence-electron chi connectivity index (χ3n) is 5.91. The van der Waals surface area contributed by atoms with Crippen molar-refractivity contribution in [2.45, 2.75) is 31.4 Å². The Hall–Kier alpha value is -2.66. The van der Waals surface area contributed by atoms with E-state index in [0.29, 0.717) is 25.1 Å². The Kier molecular flexibility index (Phi) is 5.44. The summed E-state index contributed by atoms with van der Waals surface area (Å²) in [5.74, 6) is 0.0232. The van der Waals surface area contributed by atoms with Crippen LogP contribution in [-0.4, -0.2) is 49.1 Å². The summed E-state index contributed by atoms with van der Waals surface area (Å²) in [7, 11) is 1.67. The van der Waals surface area contributed by atoms with Gasteiger partial charge in [-0.2, -0.15) is 0 Å². The lowest BCUT2D eigenvalue weighted by atomic mass is 9.81. The number of amides is 2. The van der Waals surface area contributed by atoms with Gasteiger partial charge in [0.25, 0.3) is 5.91 Å². The van der Waals surface area contributed by atoms with Gasteiger partial charge in [-0.15, -0.1) is 0 Å². The lowest BCUT2D eigenvalue weighted by molar-refractivity contribution is -0.131. The van der Waals surface area contributed by atoms with Gasteiger partial charge in [-0.1, -0.05) is 42.5 Å². The van der Waals surface area contributed by atoms with E-state index in [9.17, 15) is 9.59 Å². The van der Waals surface area contributed by atoms with Gasteiger partial charge < -0.3 is 15.0 Å². The van der Waals surface area contributed by atoms with Crippen molar-refractivity contribution < 1.29 is 14.3 Å². The van der Waals surface area contributed by atoms with Crippen LogP contribution in [0, 0.1) is 5.92 Å². The van der Waals surface area contributed by atoms with Gasteiger partial charge in [0.1, 0.15) is 0 Å². The number of hydrogen-bond donors (Lipinski definition) is 1. The van der Waals surface area contributed by atoms with E-state index in [1.807, 2.05) is 59.5 Å². The van der Waals surface area contributed by atoms with Crippen LogP contribution in [0.25, 0.3) is 11.1 Å². The molecule has 0 unspecified atom stereocenters. The molecule has 4 rings (SSSR count). The SMILES string of the molecule is CNC(=O)[C@H]1CC[C@H]2OCCN(C(=O)c3cccc(-c4ccccc4)c3)[C@@H]2C1. The van der Waals surface area contributed by atoms with Crippen LogP contribution < -0.4 is 5.32 Å². The van der Waals surface area contributed by atoms with Crippen LogP contribution in [0.1, 0.15) is 29.6 Å². The zero-order valence-electron chi connectivity index (χ0n) is 16.1. The fourth-order valence-electron chi connectivity index (χ4n) is 4.43. The van der Waals surface area contributed by atoms with Gasteiger partial charge in [-0.05, 0) is 42.5 Å². The summed E-state index contributed by atoms with van der Waals surface area (Å²) in [6.07, 6.45) is 2.31. The maximum Gasteiger partial charge on any atom is 0.254 e. The summed E-state index contributed by atoms with van der Waals surface area (Å²) >= 11 is 0. The summed E-state index contributed by atoms with van der Waals surface area (Å²) in [5.41, 5.74) is 2.81. The highest BCUT2D eigenvalue weighted by atomic mass is 16.5. The maximum atomic E-state index is 13.4. The lowest BCUT2D eigenvalue weighted by Gasteiger charge is -2.45. The molecule has 1 saturated carbocycles. The topological polar surface area (TPSA) is 58.6 Å². The number of carbonyl (C=O) groups excluding carboxylic acids is 2. The average molecular weight is 378 g/mol. The third-order valence-corrected chi connectivity index (χ3v) is 5.91. The molecule has 2 aromatic rings. The molecule has 0 bridgehead atoms.